The molecule has 0 saturated carbocycles. The number of amides is 1. The number of nitrogens with zero attached hydrogens (tertiary/aromatic N) is 2. The first-order valence-electron chi connectivity index (χ1n) is 5.09. The van der Waals surface area contributed by atoms with E-state index in [1.165, 1.54) is 0 Å². The van der Waals surface area contributed by atoms with Crippen LogP contribution < -0.4 is 21.5 Å². The lowest BCUT2D eigenvalue weighted by atomic mass is 10.4. The van der Waals surface area contributed by atoms with Gasteiger partial charge in [0, 0.05) is 13.6 Å². The number of hydrogen-bond acceptors (Lipinski definition) is 5. The number of hydrazine groups is 1. The van der Waals surface area contributed by atoms with Crippen molar-refractivity contribution in [3.63, 3.8) is 0 Å². The molecular formula is C10H17N5O. The molecule has 1 aromatic heterocycles. The lowest BCUT2D eigenvalue weighted by molar-refractivity contribution is -0.119. The van der Waals surface area contributed by atoms with Crippen molar-refractivity contribution in [1.29, 1.82) is 0 Å². The van der Waals surface area contributed by atoms with Gasteiger partial charge in [-0.25, -0.2) is 10.8 Å². The molecule has 1 rings (SSSR count). The molecule has 0 spiro atoms. The molecule has 0 aliphatic carbocycles. The summed E-state index contributed by atoms with van der Waals surface area (Å²) in [6.07, 6.45) is 0. The standard InChI is InChI=1S/C10H17N5O/c1-3-12-10(16)7-15(2)9-6-4-5-8(13-9)14-11/h4-6H,3,7,11H2,1-2H3,(H,12,16)(H,13,14). The molecule has 0 aromatic carbocycles. The van der Waals surface area contributed by atoms with Gasteiger partial charge in [0.1, 0.15) is 11.6 Å². The number of carbonyl (C=O) groups is 1. The third-order valence-corrected chi connectivity index (χ3v) is 2.03. The largest absolute Gasteiger partial charge is 0.355 e. The van der Waals surface area contributed by atoms with Crippen LogP contribution in [0.3, 0.4) is 0 Å². The number of nitrogens with two attached hydrogens (primary N) is 1. The summed E-state index contributed by atoms with van der Waals surface area (Å²) in [5, 5.41) is 2.73. The van der Waals surface area contributed by atoms with Crippen LogP contribution in [-0.4, -0.2) is 31.0 Å². The molecule has 6 heteroatoms. The first-order valence-corrected chi connectivity index (χ1v) is 5.09. The van der Waals surface area contributed by atoms with Crippen LogP contribution in [0, 0.1) is 0 Å². The van der Waals surface area contributed by atoms with Gasteiger partial charge in [-0.2, -0.15) is 0 Å². The number of nitrogens with one attached hydrogen (secondary N) is 2. The van der Waals surface area contributed by atoms with Crippen LogP contribution in [-0.2, 0) is 4.79 Å². The smallest absolute Gasteiger partial charge is 0.239 e. The van der Waals surface area contributed by atoms with Gasteiger partial charge in [0.05, 0.1) is 6.54 Å². The fourth-order valence-electron chi connectivity index (χ4n) is 1.27. The quantitative estimate of drug-likeness (QED) is 0.481. The molecule has 1 heterocycles. The maximum atomic E-state index is 11.4. The van der Waals surface area contributed by atoms with Crippen molar-refractivity contribution in [2.75, 3.05) is 30.5 Å². The molecule has 0 aliphatic rings. The summed E-state index contributed by atoms with van der Waals surface area (Å²) in [4.78, 5) is 17.3. The highest BCUT2D eigenvalue weighted by Crippen LogP contribution is 2.11. The number of rotatable bonds is 5. The van der Waals surface area contributed by atoms with E-state index in [2.05, 4.69) is 15.7 Å². The summed E-state index contributed by atoms with van der Waals surface area (Å²) >= 11 is 0. The number of pyridine rings is 1. The minimum absolute atomic E-state index is 0.0297. The molecule has 0 radical (unpaired) electrons. The Balaban J connectivity index is 2.64. The van der Waals surface area contributed by atoms with Crippen molar-refractivity contribution < 1.29 is 4.79 Å². The number of nitrogen functional groups attached to an aromatic ring is 1. The maximum Gasteiger partial charge on any atom is 0.239 e. The molecule has 4 N–H and O–H groups in total. The average Bonchev–Trinajstić information content (AvgIpc) is 2.29. The second-order valence-electron chi connectivity index (χ2n) is 3.33. The van der Waals surface area contributed by atoms with Gasteiger partial charge >= 0.3 is 0 Å². The highest BCUT2D eigenvalue weighted by molar-refractivity contribution is 5.80. The molecule has 0 unspecified atom stereocenters. The van der Waals surface area contributed by atoms with Crippen molar-refractivity contribution in [2.24, 2.45) is 5.84 Å². The van der Waals surface area contributed by atoms with Crippen LogP contribution in [0.1, 0.15) is 6.92 Å². The topological polar surface area (TPSA) is 83.3 Å². The second kappa shape index (κ2) is 5.92. The van der Waals surface area contributed by atoms with Crippen molar-refractivity contribution in [3.05, 3.63) is 18.2 Å². The first kappa shape index (κ1) is 12.3. The summed E-state index contributed by atoms with van der Waals surface area (Å²) < 4.78 is 0. The molecule has 1 amide bonds. The zero-order chi connectivity index (χ0) is 12.0. The minimum atomic E-state index is -0.0297. The number of likely N-dealkylation sites (N-methyl/N-ethyl adjacent to an activating group) is 2. The van der Waals surface area contributed by atoms with E-state index >= 15 is 0 Å². The Hall–Kier alpha value is -1.82. The normalized spacial score (nSPS) is 9.69. The molecule has 0 fully saturated rings. The first-order chi connectivity index (χ1) is 7.67. The molecule has 0 bridgehead atoms. The van der Waals surface area contributed by atoms with Gasteiger partial charge < -0.3 is 15.6 Å². The lowest BCUT2D eigenvalue weighted by Crippen LogP contribution is -2.35. The van der Waals surface area contributed by atoms with Gasteiger partial charge in [-0.1, -0.05) is 6.07 Å². The molecule has 0 saturated heterocycles. The van der Waals surface area contributed by atoms with Gasteiger partial charge in [-0.3, -0.25) is 4.79 Å². The number of anilines is 2. The fourth-order valence-corrected chi connectivity index (χ4v) is 1.27. The predicted molar refractivity (Wildman–Crippen MR) is 64.0 cm³/mol. The van der Waals surface area contributed by atoms with E-state index in [0.29, 0.717) is 18.2 Å². The van der Waals surface area contributed by atoms with E-state index in [1.807, 2.05) is 19.1 Å². The highest BCUT2D eigenvalue weighted by atomic mass is 16.2. The van der Waals surface area contributed by atoms with Crippen molar-refractivity contribution in [2.45, 2.75) is 6.92 Å². The summed E-state index contributed by atoms with van der Waals surface area (Å²) in [6, 6.07) is 5.40. The molecule has 0 atom stereocenters. The SMILES string of the molecule is CCNC(=O)CN(C)c1cccc(NN)n1. The van der Waals surface area contributed by atoms with E-state index in [0.717, 1.165) is 0 Å². The van der Waals surface area contributed by atoms with Gasteiger partial charge in [0.15, 0.2) is 0 Å². The molecule has 16 heavy (non-hydrogen) atoms. The highest BCUT2D eigenvalue weighted by Gasteiger charge is 2.07. The molecule has 6 nitrogen and oxygen atoms in total. The number of carbonyl (C=O) groups excluding carboxylic acids is 1. The fraction of sp³-hybridized carbons (Fsp3) is 0.400. The van der Waals surface area contributed by atoms with Crippen molar-refractivity contribution >= 4 is 17.5 Å². The van der Waals surface area contributed by atoms with E-state index in [1.54, 1.807) is 18.0 Å². The lowest BCUT2D eigenvalue weighted by Gasteiger charge is -2.17. The molecule has 1 aromatic rings. The monoisotopic (exact) mass is 223 g/mol. The number of aromatic nitrogens is 1. The predicted octanol–water partition coefficient (Wildman–Crippen LogP) is -0.0605. The van der Waals surface area contributed by atoms with Gasteiger partial charge in [-0.05, 0) is 19.1 Å². The zero-order valence-corrected chi connectivity index (χ0v) is 9.53. The Morgan fingerprint density at radius 3 is 2.94 bits per heavy atom. The summed E-state index contributed by atoms with van der Waals surface area (Å²) in [6.45, 7) is 2.79. The van der Waals surface area contributed by atoms with Crippen LogP contribution in [0.5, 0.6) is 0 Å². The summed E-state index contributed by atoms with van der Waals surface area (Å²) in [5.41, 5.74) is 2.46. The van der Waals surface area contributed by atoms with Gasteiger partial charge in [0.2, 0.25) is 5.91 Å². The van der Waals surface area contributed by atoms with Crippen molar-refractivity contribution in [1.82, 2.24) is 10.3 Å². The van der Waals surface area contributed by atoms with Crippen LogP contribution in [0.2, 0.25) is 0 Å². The van der Waals surface area contributed by atoms with Gasteiger partial charge in [-0.15, -0.1) is 0 Å². The Morgan fingerprint density at radius 2 is 2.31 bits per heavy atom. The van der Waals surface area contributed by atoms with Crippen LogP contribution >= 0.6 is 0 Å². The van der Waals surface area contributed by atoms with Crippen LogP contribution in [0.15, 0.2) is 18.2 Å². The third-order valence-electron chi connectivity index (χ3n) is 2.03. The number of hydrogen-bond donors (Lipinski definition) is 3. The van der Waals surface area contributed by atoms with E-state index in [4.69, 9.17) is 5.84 Å². The van der Waals surface area contributed by atoms with Gasteiger partial charge in [0.25, 0.3) is 0 Å². The Kier molecular flexibility index (Phi) is 4.53. The molecule has 88 valence electrons. The average molecular weight is 223 g/mol. The minimum Gasteiger partial charge on any atom is -0.355 e. The Labute approximate surface area is 94.8 Å². The van der Waals surface area contributed by atoms with E-state index in [9.17, 15) is 4.79 Å². The van der Waals surface area contributed by atoms with Crippen molar-refractivity contribution in [3.8, 4) is 0 Å². The summed E-state index contributed by atoms with van der Waals surface area (Å²) in [7, 11) is 1.80. The Morgan fingerprint density at radius 1 is 1.56 bits per heavy atom. The summed E-state index contributed by atoms with van der Waals surface area (Å²) in [5.74, 6) is 6.49. The molecular weight excluding hydrogens is 206 g/mol. The van der Waals surface area contributed by atoms with Crippen LogP contribution in [0.4, 0.5) is 11.6 Å². The maximum absolute atomic E-state index is 11.4. The Bertz CT molecular complexity index is 355. The van der Waals surface area contributed by atoms with E-state index in [-0.39, 0.29) is 12.5 Å². The third kappa shape index (κ3) is 3.39. The zero-order valence-electron chi connectivity index (χ0n) is 9.53. The molecule has 0 aliphatic heterocycles. The van der Waals surface area contributed by atoms with Crippen LogP contribution in [0.25, 0.3) is 0 Å². The van der Waals surface area contributed by atoms with E-state index < -0.39 is 0 Å². The second-order valence-corrected chi connectivity index (χ2v) is 3.33.